The Balaban J connectivity index is 1.90. The highest BCUT2D eigenvalue weighted by molar-refractivity contribution is 5.99. The van der Waals surface area contributed by atoms with Crippen molar-refractivity contribution in [3.05, 3.63) is 0 Å². The number of imide groups is 1. The highest BCUT2D eigenvalue weighted by Crippen LogP contribution is 2.15. The van der Waals surface area contributed by atoms with Crippen LogP contribution in [-0.2, 0) is 14.3 Å². The Kier molecular flexibility index (Phi) is 3.33. The minimum atomic E-state index is -0.114. The molecule has 2 aliphatic rings. The fourth-order valence-electron chi connectivity index (χ4n) is 2.02. The van der Waals surface area contributed by atoms with Crippen LogP contribution in [0.2, 0.25) is 0 Å². The van der Waals surface area contributed by atoms with Crippen LogP contribution < -0.4 is 5.32 Å². The van der Waals surface area contributed by atoms with E-state index in [1.54, 1.807) is 0 Å². The van der Waals surface area contributed by atoms with Gasteiger partial charge in [0.25, 0.3) is 0 Å². The zero-order chi connectivity index (χ0) is 10.7. The summed E-state index contributed by atoms with van der Waals surface area (Å²) in [6.45, 7) is 2.56. The highest BCUT2D eigenvalue weighted by atomic mass is 16.5. The zero-order valence-electron chi connectivity index (χ0n) is 8.70. The monoisotopic (exact) mass is 212 g/mol. The summed E-state index contributed by atoms with van der Waals surface area (Å²) in [5, 5.41) is 2.78. The Morgan fingerprint density at radius 1 is 1.33 bits per heavy atom. The number of ether oxygens (including phenoxy) is 1. The van der Waals surface area contributed by atoms with Crippen LogP contribution in [0.25, 0.3) is 0 Å². The van der Waals surface area contributed by atoms with Gasteiger partial charge in [-0.05, 0) is 12.8 Å². The fourth-order valence-corrected chi connectivity index (χ4v) is 2.02. The van der Waals surface area contributed by atoms with Crippen LogP contribution in [0, 0.1) is 5.92 Å². The van der Waals surface area contributed by atoms with Crippen molar-refractivity contribution >= 4 is 11.8 Å². The molecule has 0 aromatic carbocycles. The molecular weight excluding hydrogens is 196 g/mol. The van der Waals surface area contributed by atoms with Gasteiger partial charge in [0.2, 0.25) is 11.8 Å². The summed E-state index contributed by atoms with van der Waals surface area (Å²) in [5.41, 5.74) is 0. The Morgan fingerprint density at radius 3 is 2.67 bits per heavy atom. The van der Waals surface area contributed by atoms with Gasteiger partial charge >= 0.3 is 0 Å². The Labute approximate surface area is 88.8 Å². The standard InChI is InChI=1S/C10H16N2O3/c13-9-4-11-5-10(14)12(9)6-8-2-1-3-15-7-8/h8,11H,1-7H2. The second kappa shape index (κ2) is 4.72. The number of piperazine rings is 1. The molecule has 1 atom stereocenters. The molecule has 0 radical (unpaired) electrons. The molecule has 5 nitrogen and oxygen atoms in total. The van der Waals surface area contributed by atoms with Gasteiger partial charge in [-0.2, -0.15) is 0 Å². The van der Waals surface area contributed by atoms with Gasteiger partial charge in [0.05, 0.1) is 19.7 Å². The zero-order valence-corrected chi connectivity index (χ0v) is 8.70. The van der Waals surface area contributed by atoms with Crippen molar-refractivity contribution in [1.82, 2.24) is 10.2 Å². The molecule has 2 rings (SSSR count). The topological polar surface area (TPSA) is 58.6 Å². The first-order valence-corrected chi connectivity index (χ1v) is 5.39. The lowest BCUT2D eigenvalue weighted by atomic mass is 10.0. The third kappa shape index (κ3) is 2.54. The molecule has 0 aliphatic carbocycles. The minimum Gasteiger partial charge on any atom is -0.381 e. The summed E-state index contributed by atoms with van der Waals surface area (Å²) in [6, 6.07) is 0. The number of carbonyl (C=O) groups is 2. The number of hydrogen-bond acceptors (Lipinski definition) is 4. The predicted octanol–water partition coefficient (Wildman–Crippen LogP) is -0.629. The van der Waals surface area contributed by atoms with Gasteiger partial charge in [0.1, 0.15) is 0 Å². The van der Waals surface area contributed by atoms with Crippen molar-refractivity contribution in [1.29, 1.82) is 0 Å². The van der Waals surface area contributed by atoms with Crippen LogP contribution in [0.15, 0.2) is 0 Å². The molecule has 0 saturated carbocycles. The van der Waals surface area contributed by atoms with E-state index in [4.69, 9.17) is 4.74 Å². The first kappa shape index (κ1) is 10.6. The van der Waals surface area contributed by atoms with Crippen molar-refractivity contribution in [2.75, 3.05) is 32.8 Å². The Bertz CT molecular complexity index is 245. The average Bonchev–Trinajstić information content (AvgIpc) is 2.25. The van der Waals surface area contributed by atoms with Crippen LogP contribution in [0.3, 0.4) is 0 Å². The molecule has 0 aromatic rings. The van der Waals surface area contributed by atoms with Crippen molar-refractivity contribution in [3.8, 4) is 0 Å². The summed E-state index contributed by atoms with van der Waals surface area (Å²) in [6.07, 6.45) is 2.07. The molecule has 0 bridgehead atoms. The minimum absolute atomic E-state index is 0.114. The third-order valence-corrected chi connectivity index (χ3v) is 2.85. The van der Waals surface area contributed by atoms with Crippen molar-refractivity contribution < 1.29 is 14.3 Å². The number of hydrogen-bond donors (Lipinski definition) is 1. The van der Waals surface area contributed by atoms with Gasteiger partial charge in [-0.25, -0.2) is 0 Å². The van der Waals surface area contributed by atoms with E-state index in [1.807, 2.05) is 0 Å². The van der Waals surface area contributed by atoms with Crippen LogP contribution in [-0.4, -0.2) is 49.6 Å². The van der Waals surface area contributed by atoms with Gasteiger partial charge in [-0.15, -0.1) is 0 Å². The van der Waals surface area contributed by atoms with Crippen LogP contribution in [0.1, 0.15) is 12.8 Å². The van der Waals surface area contributed by atoms with Crippen molar-refractivity contribution in [2.24, 2.45) is 5.92 Å². The van der Waals surface area contributed by atoms with Gasteiger partial charge < -0.3 is 4.74 Å². The second-order valence-electron chi connectivity index (χ2n) is 4.08. The molecule has 15 heavy (non-hydrogen) atoms. The Hall–Kier alpha value is -0.940. The first-order chi connectivity index (χ1) is 7.27. The molecule has 2 amide bonds. The summed E-state index contributed by atoms with van der Waals surface area (Å²) >= 11 is 0. The smallest absolute Gasteiger partial charge is 0.243 e. The number of carbonyl (C=O) groups excluding carboxylic acids is 2. The normalized spacial score (nSPS) is 28.3. The van der Waals surface area contributed by atoms with Gasteiger partial charge in [0, 0.05) is 19.1 Å². The Morgan fingerprint density at radius 2 is 2.07 bits per heavy atom. The van der Waals surface area contributed by atoms with Crippen LogP contribution >= 0.6 is 0 Å². The van der Waals surface area contributed by atoms with Crippen LogP contribution in [0.5, 0.6) is 0 Å². The maximum absolute atomic E-state index is 11.5. The summed E-state index contributed by atoms with van der Waals surface area (Å²) < 4.78 is 5.33. The van der Waals surface area contributed by atoms with E-state index in [1.165, 1.54) is 4.90 Å². The molecule has 1 unspecified atom stereocenters. The molecule has 2 heterocycles. The predicted molar refractivity (Wildman–Crippen MR) is 53.1 cm³/mol. The van der Waals surface area contributed by atoms with Gasteiger partial charge in [-0.3, -0.25) is 19.8 Å². The lowest BCUT2D eigenvalue weighted by molar-refractivity contribution is -0.148. The quantitative estimate of drug-likeness (QED) is 0.619. The van der Waals surface area contributed by atoms with E-state index < -0.39 is 0 Å². The van der Waals surface area contributed by atoms with E-state index in [0.29, 0.717) is 19.1 Å². The van der Waals surface area contributed by atoms with E-state index in [9.17, 15) is 9.59 Å². The van der Waals surface area contributed by atoms with Gasteiger partial charge in [-0.1, -0.05) is 0 Å². The number of nitrogens with one attached hydrogen (secondary N) is 1. The third-order valence-electron chi connectivity index (χ3n) is 2.85. The maximum atomic E-state index is 11.5. The number of amides is 2. The van der Waals surface area contributed by atoms with Crippen molar-refractivity contribution in [3.63, 3.8) is 0 Å². The van der Waals surface area contributed by atoms with Crippen molar-refractivity contribution in [2.45, 2.75) is 12.8 Å². The maximum Gasteiger partial charge on any atom is 0.243 e. The number of nitrogens with zero attached hydrogens (tertiary/aromatic N) is 1. The molecule has 5 heteroatoms. The lowest BCUT2D eigenvalue weighted by Crippen LogP contribution is -2.53. The molecule has 1 N–H and O–H groups in total. The van der Waals surface area contributed by atoms with E-state index in [-0.39, 0.29) is 24.9 Å². The molecule has 0 spiro atoms. The lowest BCUT2D eigenvalue weighted by Gasteiger charge is -2.30. The molecule has 2 aliphatic heterocycles. The summed E-state index contributed by atoms with van der Waals surface area (Å²) in [7, 11) is 0. The SMILES string of the molecule is O=C1CNCC(=O)N1CC1CCCOC1. The molecule has 2 fully saturated rings. The second-order valence-corrected chi connectivity index (χ2v) is 4.08. The van der Waals surface area contributed by atoms with E-state index in [0.717, 1.165) is 19.4 Å². The first-order valence-electron chi connectivity index (χ1n) is 5.39. The molecule has 0 aromatic heterocycles. The largest absolute Gasteiger partial charge is 0.381 e. The average molecular weight is 212 g/mol. The van der Waals surface area contributed by atoms with Gasteiger partial charge in [0.15, 0.2) is 0 Å². The molecule has 2 saturated heterocycles. The molecular formula is C10H16N2O3. The fraction of sp³-hybridized carbons (Fsp3) is 0.800. The highest BCUT2D eigenvalue weighted by Gasteiger charge is 2.28. The van der Waals surface area contributed by atoms with E-state index in [2.05, 4.69) is 5.32 Å². The van der Waals surface area contributed by atoms with E-state index >= 15 is 0 Å². The molecule has 84 valence electrons. The van der Waals surface area contributed by atoms with Crippen LogP contribution in [0.4, 0.5) is 0 Å². The summed E-state index contributed by atoms with van der Waals surface area (Å²) in [5.74, 6) is 0.0957. The number of rotatable bonds is 2. The summed E-state index contributed by atoms with van der Waals surface area (Å²) in [4.78, 5) is 24.3.